The molecule has 0 N–H and O–H groups in total. The first-order chi connectivity index (χ1) is 11.0. The first-order valence-corrected chi connectivity index (χ1v) is 8.90. The average Bonchev–Trinajstić information content (AvgIpc) is 2.49. The molecule has 2 aliphatic heterocycles. The minimum absolute atomic E-state index is 0.0575. The maximum Gasteiger partial charge on any atom is 0.410 e. The number of nitrogens with zero attached hydrogens (tertiary/aromatic N) is 2. The standard InChI is InChI=1S/C18H32N2O4/c1-7-17(5,6)20-13-18(23-12-14(20)21)8-10-19(11-9-18)15(22)24-16(2,3)4/h7-13H2,1-6H3. The van der Waals surface area contributed by atoms with Gasteiger partial charge in [0.1, 0.15) is 12.2 Å². The highest BCUT2D eigenvalue weighted by molar-refractivity contribution is 5.79. The Morgan fingerprint density at radius 2 is 1.79 bits per heavy atom. The number of morpholine rings is 1. The third-order valence-electron chi connectivity index (χ3n) is 5.17. The van der Waals surface area contributed by atoms with Gasteiger partial charge in [0.2, 0.25) is 5.91 Å². The van der Waals surface area contributed by atoms with Crippen molar-refractivity contribution in [3.63, 3.8) is 0 Å². The summed E-state index contributed by atoms with van der Waals surface area (Å²) in [5.74, 6) is 0.0575. The van der Waals surface area contributed by atoms with Gasteiger partial charge in [0.15, 0.2) is 0 Å². The van der Waals surface area contributed by atoms with Crippen molar-refractivity contribution in [1.29, 1.82) is 0 Å². The normalized spacial score (nSPS) is 22.0. The van der Waals surface area contributed by atoms with Crippen molar-refractivity contribution >= 4 is 12.0 Å². The average molecular weight is 340 g/mol. The second-order valence-corrected chi connectivity index (χ2v) is 8.58. The van der Waals surface area contributed by atoms with Gasteiger partial charge in [-0.1, -0.05) is 6.92 Å². The van der Waals surface area contributed by atoms with Gasteiger partial charge in [0.05, 0.1) is 12.1 Å². The highest BCUT2D eigenvalue weighted by Crippen LogP contribution is 2.34. The molecule has 0 aromatic carbocycles. The quantitative estimate of drug-likeness (QED) is 0.775. The molecule has 0 aromatic heterocycles. The fourth-order valence-corrected chi connectivity index (χ4v) is 3.18. The van der Waals surface area contributed by atoms with Crippen molar-refractivity contribution in [2.45, 2.75) is 77.5 Å². The Balaban J connectivity index is 2.00. The lowest BCUT2D eigenvalue weighted by atomic mass is 9.86. The molecule has 0 saturated carbocycles. The Bertz CT molecular complexity index is 488. The van der Waals surface area contributed by atoms with Crippen LogP contribution in [0.5, 0.6) is 0 Å². The molecule has 2 rings (SSSR count). The molecule has 6 nitrogen and oxygen atoms in total. The van der Waals surface area contributed by atoms with E-state index in [0.29, 0.717) is 19.6 Å². The molecule has 6 heteroatoms. The highest BCUT2D eigenvalue weighted by Gasteiger charge is 2.46. The molecule has 0 aliphatic carbocycles. The lowest BCUT2D eigenvalue weighted by Crippen LogP contribution is -2.63. The lowest BCUT2D eigenvalue weighted by molar-refractivity contribution is -0.180. The fourth-order valence-electron chi connectivity index (χ4n) is 3.18. The van der Waals surface area contributed by atoms with Gasteiger partial charge in [-0.3, -0.25) is 4.79 Å². The first-order valence-electron chi connectivity index (χ1n) is 8.90. The summed E-state index contributed by atoms with van der Waals surface area (Å²) in [6.07, 6.45) is 2.10. The van der Waals surface area contributed by atoms with Gasteiger partial charge in [-0.05, 0) is 53.9 Å². The van der Waals surface area contributed by atoms with Crippen LogP contribution >= 0.6 is 0 Å². The number of piperidine rings is 1. The molecule has 2 amide bonds. The van der Waals surface area contributed by atoms with Crippen LogP contribution in [0.4, 0.5) is 4.79 Å². The molecule has 0 radical (unpaired) electrons. The molecule has 1 spiro atoms. The molecule has 2 saturated heterocycles. The van der Waals surface area contributed by atoms with Crippen LogP contribution in [-0.2, 0) is 14.3 Å². The summed E-state index contributed by atoms with van der Waals surface area (Å²) in [6.45, 7) is 13.8. The Morgan fingerprint density at radius 1 is 1.21 bits per heavy atom. The number of hydrogen-bond donors (Lipinski definition) is 0. The van der Waals surface area contributed by atoms with Gasteiger partial charge >= 0.3 is 6.09 Å². The molecule has 2 fully saturated rings. The smallest absolute Gasteiger partial charge is 0.410 e. The van der Waals surface area contributed by atoms with E-state index in [1.54, 1.807) is 4.90 Å². The Hall–Kier alpha value is -1.30. The van der Waals surface area contributed by atoms with Crippen molar-refractivity contribution in [3.8, 4) is 0 Å². The van der Waals surface area contributed by atoms with Gasteiger partial charge in [0, 0.05) is 18.6 Å². The number of carbonyl (C=O) groups excluding carboxylic acids is 2. The van der Waals surface area contributed by atoms with E-state index in [1.165, 1.54) is 0 Å². The second kappa shape index (κ2) is 6.54. The van der Waals surface area contributed by atoms with Crippen LogP contribution in [0, 0.1) is 0 Å². The van der Waals surface area contributed by atoms with E-state index in [2.05, 4.69) is 20.8 Å². The van der Waals surface area contributed by atoms with E-state index >= 15 is 0 Å². The molecule has 2 aliphatic rings. The van der Waals surface area contributed by atoms with E-state index < -0.39 is 5.60 Å². The van der Waals surface area contributed by atoms with Crippen LogP contribution in [0.3, 0.4) is 0 Å². The van der Waals surface area contributed by atoms with Gasteiger partial charge in [0.25, 0.3) is 0 Å². The Morgan fingerprint density at radius 3 is 2.29 bits per heavy atom. The molecule has 138 valence electrons. The van der Waals surface area contributed by atoms with Crippen LogP contribution in [0.2, 0.25) is 0 Å². The summed E-state index contributed by atoms with van der Waals surface area (Å²) >= 11 is 0. The SMILES string of the molecule is CCC(C)(C)N1CC2(CCN(C(=O)OC(C)(C)C)CC2)OCC1=O. The van der Waals surface area contributed by atoms with Gasteiger partial charge < -0.3 is 19.3 Å². The maximum atomic E-state index is 12.3. The summed E-state index contributed by atoms with van der Waals surface area (Å²) in [6, 6.07) is 0. The summed E-state index contributed by atoms with van der Waals surface area (Å²) in [4.78, 5) is 28.2. The van der Waals surface area contributed by atoms with Crippen LogP contribution in [-0.4, -0.2) is 64.8 Å². The Labute approximate surface area is 145 Å². The van der Waals surface area contributed by atoms with Crippen LogP contribution in [0.25, 0.3) is 0 Å². The van der Waals surface area contributed by atoms with Crippen molar-refractivity contribution in [2.75, 3.05) is 26.2 Å². The van der Waals surface area contributed by atoms with Crippen molar-refractivity contribution in [2.24, 2.45) is 0 Å². The molecule has 0 bridgehead atoms. The number of likely N-dealkylation sites (tertiary alicyclic amines) is 1. The first kappa shape index (κ1) is 19.0. The molecule has 0 aromatic rings. The summed E-state index contributed by atoms with van der Waals surface area (Å²) in [5, 5.41) is 0. The molecular formula is C18H32N2O4. The topological polar surface area (TPSA) is 59.1 Å². The van der Waals surface area contributed by atoms with Crippen molar-refractivity contribution in [3.05, 3.63) is 0 Å². The van der Waals surface area contributed by atoms with E-state index in [1.807, 2.05) is 25.7 Å². The lowest BCUT2D eigenvalue weighted by Gasteiger charge is -2.51. The van der Waals surface area contributed by atoms with E-state index in [9.17, 15) is 9.59 Å². The van der Waals surface area contributed by atoms with E-state index in [4.69, 9.17) is 9.47 Å². The molecule has 2 heterocycles. The Kier molecular flexibility index (Phi) is 5.19. The maximum absolute atomic E-state index is 12.3. The number of ether oxygens (including phenoxy) is 2. The number of rotatable bonds is 2. The summed E-state index contributed by atoms with van der Waals surface area (Å²) in [5.41, 5.74) is -0.989. The predicted molar refractivity (Wildman–Crippen MR) is 91.8 cm³/mol. The van der Waals surface area contributed by atoms with E-state index in [-0.39, 0.29) is 29.7 Å². The zero-order valence-corrected chi connectivity index (χ0v) is 16.0. The third-order valence-corrected chi connectivity index (χ3v) is 5.17. The minimum Gasteiger partial charge on any atom is -0.444 e. The summed E-state index contributed by atoms with van der Waals surface area (Å²) in [7, 11) is 0. The van der Waals surface area contributed by atoms with Crippen LogP contribution in [0.15, 0.2) is 0 Å². The van der Waals surface area contributed by atoms with Gasteiger partial charge in [-0.15, -0.1) is 0 Å². The monoisotopic (exact) mass is 340 g/mol. The van der Waals surface area contributed by atoms with Gasteiger partial charge in [-0.2, -0.15) is 0 Å². The van der Waals surface area contributed by atoms with Crippen molar-refractivity contribution < 1.29 is 19.1 Å². The zero-order chi connectivity index (χ0) is 18.2. The molecular weight excluding hydrogens is 308 g/mol. The third kappa shape index (κ3) is 4.21. The second-order valence-electron chi connectivity index (χ2n) is 8.58. The summed E-state index contributed by atoms with van der Waals surface area (Å²) < 4.78 is 11.4. The molecule has 0 unspecified atom stereocenters. The number of amides is 2. The highest BCUT2D eigenvalue weighted by atomic mass is 16.6. The van der Waals surface area contributed by atoms with Crippen LogP contribution in [0.1, 0.15) is 60.8 Å². The predicted octanol–water partition coefficient (Wildman–Crippen LogP) is 2.80. The van der Waals surface area contributed by atoms with Gasteiger partial charge in [-0.25, -0.2) is 4.79 Å². The minimum atomic E-state index is -0.484. The zero-order valence-electron chi connectivity index (χ0n) is 16.0. The largest absolute Gasteiger partial charge is 0.444 e. The van der Waals surface area contributed by atoms with E-state index in [0.717, 1.165) is 19.3 Å². The fraction of sp³-hybridized carbons (Fsp3) is 0.889. The van der Waals surface area contributed by atoms with Crippen LogP contribution < -0.4 is 0 Å². The number of carbonyl (C=O) groups is 2. The number of hydrogen-bond acceptors (Lipinski definition) is 4. The molecule has 0 atom stereocenters. The van der Waals surface area contributed by atoms with Crippen molar-refractivity contribution in [1.82, 2.24) is 9.80 Å². The molecule has 24 heavy (non-hydrogen) atoms.